The van der Waals surface area contributed by atoms with Crippen LogP contribution < -0.4 is 4.90 Å². The number of nitrogens with zero attached hydrogens (tertiary/aromatic N) is 3. The summed E-state index contributed by atoms with van der Waals surface area (Å²) >= 11 is 3.76. The summed E-state index contributed by atoms with van der Waals surface area (Å²) in [7, 11) is 1.68. The van der Waals surface area contributed by atoms with Crippen LogP contribution in [-0.2, 0) is 28.7 Å². The number of alkyl halides is 1. The summed E-state index contributed by atoms with van der Waals surface area (Å²) in [5.41, 5.74) is -0.0516. The van der Waals surface area contributed by atoms with Crippen molar-refractivity contribution in [2.45, 2.75) is 80.3 Å². The number of carbonyl (C=O) groups excluding carboxylic acids is 4. The van der Waals surface area contributed by atoms with Gasteiger partial charge in [-0.1, -0.05) is 95.7 Å². The minimum Gasteiger partial charge on any atom is -0.455 e. The molecular weight excluding hydrogens is 738 g/mol. The lowest BCUT2D eigenvalue weighted by molar-refractivity contribution is -0.165. The summed E-state index contributed by atoms with van der Waals surface area (Å²) in [4.78, 5) is 61.9. The third kappa shape index (κ3) is 6.83. The van der Waals surface area contributed by atoms with Gasteiger partial charge in [0.15, 0.2) is 0 Å². The average Bonchev–Trinajstić information content (AvgIpc) is 3.78. The van der Waals surface area contributed by atoms with E-state index in [1.54, 1.807) is 29.0 Å². The molecule has 2 bridgehead atoms. The zero-order chi connectivity index (χ0) is 38.0. The van der Waals surface area contributed by atoms with Gasteiger partial charge in [0, 0.05) is 30.5 Å². The van der Waals surface area contributed by atoms with E-state index in [1.807, 2.05) is 86.6 Å². The number of halogens is 1. The van der Waals surface area contributed by atoms with Gasteiger partial charge in [-0.05, 0) is 54.7 Å². The van der Waals surface area contributed by atoms with Crippen LogP contribution in [0, 0.1) is 11.8 Å². The van der Waals surface area contributed by atoms with Crippen LogP contribution in [0.5, 0.6) is 0 Å². The summed E-state index contributed by atoms with van der Waals surface area (Å²) in [6, 6.07) is 20.4. The van der Waals surface area contributed by atoms with Crippen molar-refractivity contribution in [1.82, 2.24) is 9.80 Å². The highest BCUT2D eigenvalue weighted by molar-refractivity contribution is 9.09. The van der Waals surface area contributed by atoms with Crippen LogP contribution in [0.1, 0.15) is 51.2 Å². The van der Waals surface area contributed by atoms with Gasteiger partial charge >= 0.3 is 5.97 Å². The maximum atomic E-state index is 15.1. The Morgan fingerprint density at radius 2 is 1.77 bits per heavy atom. The molecule has 1 unspecified atom stereocenters. The van der Waals surface area contributed by atoms with Crippen molar-refractivity contribution in [3.05, 3.63) is 104 Å². The molecule has 3 aliphatic rings. The number of aliphatic hydroxyl groups excluding tert-OH is 1. The smallest absolute Gasteiger partial charge is 0.313 e. The normalized spacial score (nSPS) is 26.1. The highest BCUT2D eigenvalue weighted by Gasteiger charge is 2.77. The van der Waals surface area contributed by atoms with E-state index in [4.69, 9.17) is 9.47 Å². The molecule has 0 aromatic heterocycles. The van der Waals surface area contributed by atoms with Gasteiger partial charge < -0.3 is 29.3 Å². The van der Waals surface area contributed by atoms with Crippen molar-refractivity contribution in [3.63, 3.8) is 0 Å². The number of likely N-dealkylation sites (N-methyl/N-ethyl adjacent to an activating group) is 1. The Balaban J connectivity index is 1.38. The Hall–Kier alpha value is -4.32. The summed E-state index contributed by atoms with van der Waals surface area (Å²) < 4.78 is 13.1. The topological polar surface area (TPSA) is 117 Å². The third-order valence-corrected chi connectivity index (χ3v) is 12.2. The predicted octanol–water partition coefficient (Wildman–Crippen LogP) is 5.98. The highest BCUT2D eigenvalue weighted by atomic mass is 79.9. The van der Waals surface area contributed by atoms with Crippen molar-refractivity contribution < 1.29 is 33.8 Å². The maximum absolute atomic E-state index is 15.1. The van der Waals surface area contributed by atoms with Gasteiger partial charge in [0.05, 0.1) is 36.6 Å². The summed E-state index contributed by atoms with van der Waals surface area (Å²) in [5.74, 6) is -3.66. The van der Waals surface area contributed by atoms with Crippen molar-refractivity contribution in [2.24, 2.45) is 11.8 Å². The number of hydrogen-bond donors (Lipinski definition) is 1. The van der Waals surface area contributed by atoms with Gasteiger partial charge in [-0.3, -0.25) is 19.2 Å². The molecule has 3 fully saturated rings. The maximum Gasteiger partial charge on any atom is 0.313 e. The van der Waals surface area contributed by atoms with Gasteiger partial charge in [-0.25, -0.2) is 0 Å². The molecular formula is C42H48BrN3O7. The SMILES string of the molecule is C=CCCC(=O)N(C)[C@@H](C)[C@@H](OC(=O)[C@@H]1[C@H]2O[C@@]3(CC2Br)[C@H](C(=O)N(CC=C)c2ccc4ccccc4c2)N([C@@H](CC)CO)C(=O)[C@@H]13)c1ccccc1. The fourth-order valence-corrected chi connectivity index (χ4v) is 9.43. The number of benzene rings is 3. The van der Waals surface area contributed by atoms with E-state index in [1.165, 1.54) is 4.90 Å². The van der Waals surface area contributed by atoms with Crippen LogP contribution in [-0.4, -0.2) is 93.5 Å². The summed E-state index contributed by atoms with van der Waals surface area (Å²) in [5, 5.41) is 12.5. The molecule has 1 N–H and O–H groups in total. The van der Waals surface area contributed by atoms with Crippen LogP contribution >= 0.6 is 15.9 Å². The summed E-state index contributed by atoms with van der Waals surface area (Å²) in [6.45, 7) is 11.1. The number of amides is 3. The zero-order valence-corrected chi connectivity index (χ0v) is 32.1. The van der Waals surface area contributed by atoms with Crippen LogP contribution in [0.4, 0.5) is 5.69 Å². The first-order chi connectivity index (χ1) is 25.5. The monoisotopic (exact) mass is 785 g/mol. The number of allylic oxidation sites excluding steroid dienone is 1. The molecule has 3 aliphatic heterocycles. The van der Waals surface area contributed by atoms with Gasteiger partial charge in [0.2, 0.25) is 11.8 Å². The quantitative estimate of drug-likeness (QED) is 0.115. The molecule has 1 spiro atoms. The van der Waals surface area contributed by atoms with Crippen LogP contribution in [0.15, 0.2) is 98.1 Å². The Morgan fingerprint density at radius 3 is 2.43 bits per heavy atom. The fourth-order valence-electron chi connectivity index (χ4n) is 8.49. The van der Waals surface area contributed by atoms with Gasteiger partial charge in [-0.15, -0.1) is 13.2 Å². The first-order valence-electron chi connectivity index (χ1n) is 18.3. The van der Waals surface area contributed by atoms with E-state index in [-0.39, 0.29) is 36.2 Å². The fraction of sp³-hybridized carbons (Fsp3) is 0.429. The van der Waals surface area contributed by atoms with Gasteiger partial charge in [0.1, 0.15) is 17.7 Å². The van der Waals surface area contributed by atoms with E-state index in [2.05, 4.69) is 29.1 Å². The number of ether oxygens (including phenoxy) is 2. The highest BCUT2D eigenvalue weighted by Crippen LogP contribution is 2.61. The molecule has 3 heterocycles. The van der Waals surface area contributed by atoms with Crippen molar-refractivity contribution in [1.29, 1.82) is 0 Å². The molecule has 10 nitrogen and oxygen atoms in total. The number of aliphatic hydroxyl groups is 1. The molecule has 0 radical (unpaired) electrons. The molecule has 280 valence electrons. The zero-order valence-electron chi connectivity index (χ0n) is 30.5. The first-order valence-corrected chi connectivity index (χ1v) is 19.2. The Labute approximate surface area is 319 Å². The van der Waals surface area contributed by atoms with Crippen molar-refractivity contribution in [3.8, 4) is 0 Å². The standard InChI is InChI=1S/C42H48BrN3O7/c1-6-9-19-33(48)44(5)26(4)36(28-16-11-10-12-17-28)52-41(51)34-35-39(49)46(30(8-3)25-47)38(42(35)24-32(43)37(34)53-42)40(50)45(22-7-2)31-21-20-27-15-13-14-18-29(27)23-31/h6-7,10-18,20-21,23,26,30,32,34-38,47H,1-2,8-9,19,22,24-25H2,3-5H3/t26-,30-,32?,34-,35+,36+,37-,38-,42+/m0/s1. The molecule has 53 heavy (non-hydrogen) atoms. The number of likely N-dealkylation sites (tertiary alicyclic amines) is 1. The molecule has 0 saturated carbocycles. The van der Waals surface area contributed by atoms with Crippen LogP contribution in [0.25, 0.3) is 10.8 Å². The molecule has 11 heteroatoms. The lowest BCUT2D eigenvalue weighted by atomic mass is 9.70. The number of rotatable bonds is 15. The molecule has 0 aliphatic carbocycles. The van der Waals surface area contributed by atoms with Crippen LogP contribution in [0.3, 0.4) is 0 Å². The van der Waals surface area contributed by atoms with E-state index in [0.29, 0.717) is 30.5 Å². The van der Waals surface area contributed by atoms with E-state index in [9.17, 15) is 19.5 Å². The Morgan fingerprint density at radius 1 is 1.08 bits per heavy atom. The number of hydrogen-bond acceptors (Lipinski definition) is 7. The second kappa shape index (κ2) is 16.0. The molecule has 3 aromatic carbocycles. The molecule has 3 aromatic rings. The minimum absolute atomic E-state index is 0.120. The number of carbonyl (C=O) groups is 4. The first kappa shape index (κ1) is 38.4. The number of esters is 1. The van der Waals surface area contributed by atoms with Gasteiger partial charge in [0.25, 0.3) is 5.91 Å². The molecule has 9 atom stereocenters. The predicted molar refractivity (Wildman–Crippen MR) is 207 cm³/mol. The van der Waals surface area contributed by atoms with Crippen LogP contribution in [0.2, 0.25) is 0 Å². The molecule has 3 amide bonds. The molecule has 6 rings (SSSR count). The number of anilines is 1. The lowest BCUT2D eigenvalue weighted by Gasteiger charge is -2.39. The second-order valence-electron chi connectivity index (χ2n) is 14.3. The Bertz CT molecular complexity index is 1870. The third-order valence-electron chi connectivity index (χ3n) is 11.3. The second-order valence-corrected chi connectivity index (χ2v) is 15.4. The Kier molecular flexibility index (Phi) is 11.6. The minimum atomic E-state index is -1.37. The number of fused-ring (bicyclic) bond motifs is 2. The van der Waals surface area contributed by atoms with E-state index >= 15 is 4.79 Å². The molecule has 3 saturated heterocycles. The van der Waals surface area contributed by atoms with Crippen molar-refractivity contribution >= 4 is 56.1 Å². The van der Waals surface area contributed by atoms with Gasteiger partial charge in [-0.2, -0.15) is 0 Å². The van der Waals surface area contributed by atoms with E-state index < -0.39 is 59.6 Å². The average molecular weight is 787 g/mol. The lowest BCUT2D eigenvalue weighted by Crippen LogP contribution is -2.59. The van der Waals surface area contributed by atoms with E-state index in [0.717, 1.165) is 10.8 Å². The largest absolute Gasteiger partial charge is 0.455 e. The summed E-state index contributed by atoms with van der Waals surface area (Å²) in [6.07, 6.45) is 3.16. The van der Waals surface area contributed by atoms with Crippen molar-refractivity contribution in [2.75, 3.05) is 25.1 Å².